The van der Waals surface area contributed by atoms with E-state index in [9.17, 15) is 9.59 Å². The highest BCUT2D eigenvalue weighted by Gasteiger charge is 2.26. The summed E-state index contributed by atoms with van der Waals surface area (Å²) in [6.07, 6.45) is -0.696. The maximum atomic E-state index is 11.9. The minimum Gasteiger partial charge on any atom is -0.448 e. The molecule has 1 N–H and O–H groups in total. The quantitative estimate of drug-likeness (QED) is 0.685. The second-order valence-electron chi connectivity index (χ2n) is 5.06. The van der Waals surface area contributed by atoms with Crippen LogP contribution in [-0.2, 0) is 14.3 Å². The molecule has 1 atom stereocenters. The van der Waals surface area contributed by atoms with Gasteiger partial charge in [-0.05, 0) is 26.3 Å². The van der Waals surface area contributed by atoms with E-state index in [2.05, 4.69) is 5.32 Å². The molecule has 5 nitrogen and oxygen atoms in total. The SMILES string of the molecule is CC(C)(C)OC(=O)N[C@@H](C(=O)OCCl)c1ccccc1. The van der Waals surface area contributed by atoms with Crippen LogP contribution in [0.15, 0.2) is 30.3 Å². The van der Waals surface area contributed by atoms with Crippen LogP contribution in [-0.4, -0.2) is 23.7 Å². The lowest BCUT2D eigenvalue weighted by Crippen LogP contribution is -2.38. The van der Waals surface area contributed by atoms with Crippen molar-refractivity contribution in [3.63, 3.8) is 0 Å². The van der Waals surface area contributed by atoms with E-state index in [1.54, 1.807) is 51.1 Å². The average Bonchev–Trinajstić information content (AvgIpc) is 2.35. The molecular formula is C14H18ClNO4. The van der Waals surface area contributed by atoms with Gasteiger partial charge in [0, 0.05) is 0 Å². The number of amides is 1. The van der Waals surface area contributed by atoms with Gasteiger partial charge in [-0.2, -0.15) is 0 Å². The predicted octanol–water partition coefficient (Wildman–Crippen LogP) is 2.99. The lowest BCUT2D eigenvalue weighted by molar-refractivity contribution is -0.144. The van der Waals surface area contributed by atoms with E-state index in [1.165, 1.54) is 0 Å². The fourth-order valence-corrected chi connectivity index (χ4v) is 1.59. The first-order valence-corrected chi connectivity index (χ1v) is 6.64. The molecule has 110 valence electrons. The largest absolute Gasteiger partial charge is 0.448 e. The van der Waals surface area contributed by atoms with Crippen molar-refractivity contribution < 1.29 is 19.1 Å². The summed E-state index contributed by atoms with van der Waals surface area (Å²) in [5.74, 6) is -0.642. The molecule has 0 saturated carbocycles. The Balaban J connectivity index is 2.84. The van der Waals surface area contributed by atoms with Crippen LogP contribution < -0.4 is 5.32 Å². The van der Waals surface area contributed by atoms with Gasteiger partial charge < -0.3 is 14.8 Å². The van der Waals surface area contributed by atoms with Crippen LogP contribution in [0.1, 0.15) is 32.4 Å². The van der Waals surface area contributed by atoms with E-state index in [1.807, 2.05) is 0 Å². The number of hydrogen-bond acceptors (Lipinski definition) is 4. The van der Waals surface area contributed by atoms with Gasteiger partial charge in [0.05, 0.1) is 0 Å². The third-order valence-electron chi connectivity index (χ3n) is 2.23. The van der Waals surface area contributed by atoms with Gasteiger partial charge in [0.2, 0.25) is 0 Å². The first kappa shape index (κ1) is 16.3. The van der Waals surface area contributed by atoms with Crippen LogP contribution in [0.25, 0.3) is 0 Å². The zero-order valence-corrected chi connectivity index (χ0v) is 12.4. The van der Waals surface area contributed by atoms with E-state index in [0.717, 1.165) is 0 Å². The van der Waals surface area contributed by atoms with Gasteiger partial charge in [0.25, 0.3) is 0 Å². The van der Waals surface area contributed by atoms with Gasteiger partial charge >= 0.3 is 12.1 Å². The monoisotopic (exact) mass is 299 g/mol. The molecule has 0 heterocycles. The maximum Gasteiger partial charge on any atom is 0.408 e. The normalized spacial score (nSPS) is 12.4. The third-order valence-corrected chi connectivity index (χ3v) is 2.34. The number of hydrogen-bond donors (Lipinski definition) is 1. The number of rotatable bonds is 4. The maximum absolute atomic E-state index is 11.9. The van der Waals surface area contributed by atoms with Crippen molar-refractivity contribution in [2.75, 3.05) is 6.07 Å². The van der Waals surface area contributed by atoms with Crippen molar-refractivity contribution in [1.82, 2.24) is 5.32 Å². The molecule has 0 unspecified atom stereocenters. The first-order valence-electron chi connectivity index (χ1n) is 6.10. The minimum absolute atomic E-state index is 0.280. The van der Waals surface area contributed by atoms with Crippen molar-refractivity contribution in [2.45, 2.75) is 32.4 Å². The number of alkyl halides is 1. The van der Waals surface area contributed by atoms with Gasteiger partial charge in [-0.3, -0.25) is 0 Å². The average molecular weight is 300 g/mol. The van der Waals surface area contributed by atoms with Crippen LogP contribution in [0.4, 0.5) is 4.79 Å². The lowest BCUT2D eigenvalue weighted by atomic mass is 10.1. The van der Waals surface area contributed by atoms with Crippen molar-refractivity contribution in [3.05, 3.63) is 35.9 Å². The van der Waals surface area contributed by atoms with Crippen LogP contribution in [0.5, 0.6) is 0 Å². The smallest absolute Gasteiger partial charge is 0.408 e. The molecule has 1 aromatic rings. The topological polar surface area (TPSA) is 64.6 Å². The number of benzene rings is 1. The number of carbonyl (C=O) groups is 2. The Bertz CT molecular complexity index is 456. The summed E-state index contributed by atoms with van der Waals surface area (Å²) in [4.78, 5) is 23.6. The second kappa shape index (κ2) is 7.14. The predicted molar refractivity (Wildman–Crippen MR) is 75.4 cm³/mol. The molecular weight excluding hydrogens is 282 g/mol. The molecule has 1 aromatic carbocycles. The van der Waals surface area contributed by atoms with Crippen molar-refractivity contribution in [2.24, 2.45) is 0 Å². The highest BCUT2D eigenvalue weighted by Crippen LogP contribution is 2.16. The number of carbonyl (C=O) groups excluding carboxylic acids is 2. The van der Waals surface area contributed by atoms with E-state index < -0.39 is 23.7 Å². The van der Waals surface area contributed by atoms with Crippen molar-refractivity contribution >= 4 is 23.7 Å². The first-order chi connectivity index (χ1) is 9.33. The number of nitrogens with one attached hydrogen (secondary N) is 1. The Labute approximate surface area is 123 Å². The molecule has 0 aromatic heterocycles. The Morgan fingerprint density at radius 2 is 1.85 bits per heavy atom. The summed E-state index contributed by atoms with van der Waals surface area (Å²) < 4.78 is 9.87. The van der Waals surface area contributed by atoms with Gasteiger partial charge in [0.15, 0.2) is 12.1 Å². The number of alkyl carbamates (subject to hydrolysis) is 1. The zero-order valence-electron chi connectivity index (χ0n) is 11.7. The molecule has 0 fully saturated rings. The van der Waals surface area contributed by atoms with Gasteiger partial charge in [-0.25, -0.2) is 9.59 Å². The van der Waals surface area contributed by atoms with E-state index in [0.29, 0.717) is 5.56 Å². The van der Waals surface area contributed by atoms with Gasteiger partial charge in [-0.1, -0.05) is 41.9 Å². The molecule has 1 amide bonds. The van der Waals surface area contributed by atoms with E-state index >= 15 is 0 Å². The highest BCUT2D eigenvalue weighted by atomic mass is 35.5. The Hall–Kier alpha value is -1.75. The molecule has 0 radical (unpaired) electrons. The molecule has 0 saturated heterocycles. The third kappa shape index (κ3) is 5.48. The number of halogens is 1. The zero-order chi connectivity index (χ0) is 15.2. The minimum atomic E-state index is -0.954. The fourth-order valence-electron chi connectivity index (χ4n) is 1.49. The number of ether oxygens (including phenoxy) is 2. The summed E-state index contributed by atoms with van der Waals surface area (Å²) in [5, 5.41) is 2.48. The molecule has 0 aliphatic carbocycles. The van der Waals surface area contributed by atoms with Crippen LogP contribution in [0.2, 0.25) is 0 Å². The molecule has 0 aliphatic heterocycles. The molecule has 1 rings (SSSR count). The van der Waals surface area contributed by atoms with Crippen LogP contribution >= 0.6 is 11.6 Å². The molecule has 6 heteroatoms. The Kier molecular flexibility index (Phi) is 5.82. The molecule has 0 spiro atoms. The standard InChI is InChI=1S/C14H18ClNO4/c1-14(2,3)20-13(18)16-11(12(17)19-9-15)10-7-5-4-6-8-10/h4-8,11H,9H2,1-3H3,(H,16,18)/t11-/m1/s1. The molecule has 20 heavy (non-hydrogen) atoms. The summed E-state index contributed by atoms with van der Waals surface area (Å²) in [5.41, 5.74) is -0.0599. The number of esters is 1. The second-order valence-corrected chi connectivity index (χ2v) is 5.28. The van der Waals surface area contributed by atoms with Gasteiger partial charge in [-0.15, -0.1) is 0 Å². The molecule has 0 aliphatic rings. The highest BCUT2D eigenvalue weighted by molar-refractivity contribution is 6.17. The van der Waals surface area contributed by atoms with E-state index in [-0.39, 0.29) is 6.07 Å². The summed E-state index contributed by atoms with van der Waals surface area (Å²) >= 11 is 5.38. The fraction of sp³-hybridized carbons (Fsp3) is 0.429. The molecule has 0 bridgehead atoms. The Morgan fingerprint density at radius 3 is 2.35 bits per heavy atom. The van der Waals surface area contributed by atoms with E-state index in [4.69, 9.17) is 21.1 Å². The Morgan fingerprint density at radius 1 is 1.25 bits per heavy atom. The summed E-state index contributed by atoms with van der Waals surface area (Å²) in [6.45, 7) is 5.21. The van der Waals surface area contributed by atoms with Gasteiger partial charge in [0.1, 0.15) is 5.60 Å². The van der Waals surface area contributed by atoms with Crippen LogP contribution in [0.3, 0.4) is 0 Å². The van der Waals surface area contributed by atoms with Crippen LogP contribution in [0, 0.1) is 0 Å². The summed E-state index contributed by atoms with van der Waals surface area (Å²) in [7, 11) is 0. The van der Waals surface area contributed by atoms with Crippen molar-refractivity contribution in [1.29, 1.82) is 0 Å². The van der Waals surface area contributed by atoms with Crippen molar-refractivity contribution in [3.8, 4) is 0 Å². The summed E-state index contributed by atoms with van der Waals surface area (Å²) in [6, 6.07) is 7.50. The lowest BCUT2D eigenvalue weighted by Gasteiger charge is -2.22.